The van der Waals surface area contributed by atoms with Crippen molar-refractivity contribution in [2.45, 2.75) is 25.5 Å². The van der Waals surface area contributed by atoms with Gasteiger partial charge in [-0.15, -0.1) is 0 Å². The number of likely N-dealkylation sites (tertiary alicyclic amines) is 1. The number of carbonyl (C=O) groups is 1. The lowest BCUT2D eigenvalue weighted by molar-refractivity contribution is -0.122. The Bertz CT molecular complexity index is 542. The molecule has 128 valence electrons. The Morgan fingerprint density at radius 3 is 3.00 bits per heavy atom. The minimum absolute atomic E-state index is 0.0177. The maximum atomic E-state index is 14.0. The topological polar surface area (TPSA) is 61.8 Å². The van der Waals surface area contributed by atoms with Crippen LogP contribution in [0.25, 0.3) is 0 Å². The second-order valence-electron chi connectivity index (χ2n) is 5.55. The zero-order chi connectivity index (χ0) is 16.8. The average Bonchev–Trinajstić information content (AvgIpc) is 2.86. The molecule has 2 rings (SSSR count). The molecule has 1 amide bonds. The fourth-order valence-electron chi connectivity index (χ4n) is 2.79. The molecule has 0 saturated carbocycles. The number of hydrogen-bond acceptors (Lipinski definition) is 4. The highest BCUT2D eigenvalue weighted by molar-refractivity contribution is 5.78. The first-order chi connectivity index (χ1) is 11.0. The number of carbonyl (C=O) groups excluding carboxylic acids is 1. The maximum Gasteiger partial charge on any atom is 0.234 e. The third-order valence-electron chi connectivity index (χ3n) is 3.82. The average molecular weight is 328 g/mol. The summed E-state index contributed by atoms with van der Waals surface area (Å²) < 4.78 is 32.5. The molecule has 1 fully saturated rings. The Hall–Kier alpha value is -1.57. The van der Waals surface area contributed by atoms with Crippen LogP contribution in [0.15, 0.2) is 18.2 Å². The van der Waals surface area contributed by atoms with E-state index >= 15 is 0 Å². The van der Waals surface area contributed by atoms with Crippen LogP contribution in [0.3, 0.4) is 0 Å². The predicted octanol–water partition coefficient (Wildman–Crippen LogP) is 1.23. The number of nitrogens with zero attached hydrogens (tertiary/aromatic N) is 1. The lowest BCUT2D eigenvalue weighted by Crippen LogP contribution is -2.39. The molecular weight excluding hydrogens is 306 g/mol. The summed E-state index contributed by atoms with van der Waals surface area (Å²) in [5.41, 5.74) is 0.170. The third kappa shape index (κ3) is 4.95. The SMILES string of the molecule is CCOCCNC(=O)CN1CC(O)CC1c1cc(F)ccc1F. The standard InChI is InChI=1S/C16H22F2N2O3/c1-2-23-6-5-19-16(22)10-20-9-12(21)8-15(20)13-7-11(17)3-4-14(13)18/h3-4,7,12,15,21H,2,5-6,8-10H2,1H3,(H,19,22). The third-order valence-corrected chi connectivity index (χ3v) is 3.82. The molecule has 0 radical (unpaired) electrons. The molecule has 2 unspecified atom stereocenters. The van der Waals surface area contributed by atoms with Crippen LogP contribution in [0.1, 0.15) is 24.9 Å². The molecule has 0 aliphatic carbocycles. The van der Waals surface area contributed by atoms with Crippen LogP contribution in [0.2, 0.25) is 0 Å². The summed E-state index contributed by atoms with van der Waals surface area (Å²) in [5, 5.41) is 12.5. The molecule has 0 bridgehead atoms. The van der Waals surface area contributed by atoms with E-state index in [-0.39, 0.29) is 31.0 Å². The zero-order valence-corrected chi connectivity index (χ0v) is 13.1. The summed E-state index contributed by atoms with van der Waals surface area (Å²) in [6, 6.07) is 2.72. The van der Waals surface area contributed by atoms with Crippen molar-refractivity contribution in [2.75, 3.05) is 32.8 Å². The number of nitrogens with one attached hydrogen (secondary N) is 1. The van der Waals surface area contributed by atoms with Crippen molar-refractivity contribution in [3.63, 3.8) is 0 Å². The quantitative estimate of drug-likeness (QED) is 0.739. The van der Waals surface area contributed by atoms with Gasteiger partial charge in [-0.05, 0) is 31.5 Å². The molecule has 1 saturated heterocycles. The van der Waals surface area contributed by atoms with Gasteiger partial charge < -0.3 is 15.2 Å². The number of aliphatic hydroxyl groups is 1. The predicted molar refractivity (Wildman–Crippen MR) is 80.8 cm³/mol. The molecule has 0 spiro atoms. The van der Waals surface area contributed by atoms with Crippen LogP contribution in [0, 0.1) is 11.6 Å². The van der Waals surface area contributed by atoms with E-state index in [2.05, 4.69) is 5.32 Å². The number of β-amino-alcohol motifs (C(OH)–C–C–N with tert-alkyl or cyclic N) is 1. The highest BCUT2D eigenvalue weighted by atomic mass is 19.1. The summed E-state index contributed by atoms with van der Waals surface area (Å²) in [4.78, 5) is 13.6. The number of benzene rings is 1. The molecule has 1 aromatic rings. The van der Waals surface area contributed by atoms with E-state index < -0.39 is 23.8 Å². The second kappa shape index (κ2) is 8.33. The van der Waals surface area contributed by atoms with Crippen molar-refractivity contribution < 1.29 is 23.4 Å². The molecule has 2 N–H and O–H groups in total. The lowest BCUT2D eigenvalue weighted by atomic mass is 10.0. The number of amides is 1. The van der Waals surface area contributed by atoms with Crippen molar-refractivity contribution in [2.24, 2.45) is 0 Å². The molecule has 0 aromatic heterocycles. The van der Waals surface area contributed by atoms with E-state index in [9.17, 15) is 18.7 Å². The van der Waals surface area contributed by atoms with Crippen molar-refractivity contribution in [1.82, 2.24) is 10.2 Å². The molecule has 1 aliphatic rings. The summed E-state index contributed by atoms with van der Waals surface area (Å²) in [7, 11) is 0. The zero-order valence-electron chi connectivity index (χ0n) is 13.1. The molecule has 23 heavy (non-hydrogen) atoms. The van der Waals surface area contributed by atoms with Gasteiger partial charge in [-0.1, -0.05) is 0 Å². The first-order valence-corrected chi connectivity index (χ1v) is 7.72. The molecule has 5 nitrogen and oxygen atoms in total. The van der Waals surface area contributed by atoms with Gasteiger partial charge in [-0.2, -0.15) is 0 Å². The van der Waals surface area contributed by atoms with E-state index in [4.69, 9.17) is 4.74 Å². The molecule has 2 atom stereocenters. The minimum atomic E-state index is -0.668. The fraction of sp³-hybridized carbons (Fsp3) is 0.562. The van der Waals surface area contributed by atoms with Crippen LogP contribution in [-0.2, 0) is 9.53 Å². The van der Waals surface area contributed by atoms with Crippen LogP contribution >= 0.6 is 0 Å². The molecule has 7 heteroatoms. The maximum absolute atomic E-state index is 14.0. The van der Waals surface area contributed by atoms with Crippen molar-refractivity contribution >= 4 is 5.91 Å². The molecule has 1 aromatic carbocycles. The van der Waals surface area contributed by atoms with Crippen molar-refractivity contribution in [1.29, 1.82) is 0 Å². The van der Waals surface area contributed by atoms with E-state index in [1.165, 1.54) is 0 Å². The van der Waals surface area contributed by atoms with Gasteiger partial charge in [0.25, 0.3) is 0 Å². The number of ether oxygens (including phenoxy) is 1. The summed E-state index contributed by atoms with van der Waals surface area (Å²) in [6.45, 7) is 3.53. The first kappa shape index (κ1) is 17.8. The van der Waals surface area contributed by atoms with Crippen LogP contribution in [0.5, 0.6) is 0 Å². The monoisotopic (exact) mass is 328 g/mol. The van der Waals surface area contributed by atoms with Gasteiger partial charge in [-0.25, -0.2) is 8.78 Å². The van der Waals surface area contributed by atoms with Crippen LogP contribution in [-0.4, -0.2) is 54.9 Å². The molecule has 1 aliphatic heterocycles. The summed E-state index contributed by atoms with van der Waals surface area (Å²) >= 11 is 0. The highest BCUT2D eigenvalue weighted by Crippen LogP contribution is 2.33. The summed E-state index contributed by atoms with van der Waals surface area (Å²) in [5.74, 6) is -1.31. The van der Waals surface area contributed by atoms with E-state index in [1.807, 2.05) is 6.92 Å². The minimum Gasteiger partial charge on any atom is -0.392 e. The van der Waals surface area contributed by atoms with Gasteiger partial charge >= 0.3 is 0 Å². The number of hydrogen-bond donors (Lipinski definition) is 2. The number of aliphatic hydroxyl groups excluding tert-OH is 1. The van der Waals surface area contributed by atoms with Gasteiger partial charge in [0.2, 0.25) is 5.91 Å². The van der Waals surface area contributed by atoms with Gasteiger partial charge in [0.05, 0.1) is 19.3 Å². The Balaban J connectivity index is 1.99. The van der Waals surface area contributed by atoms with E-state index in [1.54, 1.807) is 4.90 Å². The van der Waals surface area contributed by atoms with Gasteiger partial charge in [0.15, 0.2) is 0 Å². The van der Waals surface area contributed by atoms with Gasteiger partial charge in [-0.3, -0.25) is 9.69 Å². The number of rotatable bonds is 7. The Kier molecular flexibility index (Phi) is 6.44. The second-order valence-corrected chi connectivity index (χ2v) is 5.55. The van der Waals surface area contributed by atoms with Crippen molar-refractivity contribution in [3.8, 4) is 0 Å². The van der Waals surface area contributed by atoms with E-state index in [0.29, 0.717) is 19.8 Å². The normalized spacial score (nSPS) is 21.6. The molecular formula is C16H22F2N2O3. The summed E-state index contributed by atoms with van der Waals surface area (Å²) in [6.07, 6.45) is -0.397. The number of halogens is 2. The van der Waals surface area contributed by atoms with Crippen LogP contribution in [0.4, 0.5) is 8.78 Å². The Labute approximate surface area is 134 Å². The Morgan fingerprint density at radius 2 is 2.26 bits per heavy atom. The Morgan fingerprint density at radius 1 is 1.48 bits per heavy atom. The smallest absolute Gasteiger partial charge is 0.234 e. The van der Waals surface area contributed by atoms with Gasteiger partial charge in [0, 0.05) is 31.3 Å². The van der Waals surface area contributed by atoms with Gasteiger partial charge in [0.1, 0.15) is 11.6 Å². The largest absolute Gasteiger partial charge is 0.392 e. The molecule has 1 heterocycles. The first-order valence-electron chi connectivity index (χ1n) is 7.72. The van der Waals surface area contributed by atoms with Crippen LogP contribution < -0.4 is 5.32 Å². The highest BCUT2D eigenvalue weighted by Gasteiger charge is 2.34. The van der Waals surface area contributed by atoms with Crippen molar-refractivity contribution in [3.05, 3.63) is 35.4 Å². The lowest BCUT2D eigenvalue weighted by Gasteiger charge is -2.24. The fourth-order valence-corrected chi connectivity index (χ4v) is 2.79. The van der Waals surface area contributed by atoms with E-state index in [0.717, 1.165) is 18.2 Å².